The van der Waals surface area contributed by atoms with E-state index in [1.54, 1.807) is 11.8 Å². The van der Waals surface area contributed by atoms with Crippen LogP contribution in [0.5, 0.6) is 11.5 Å². The lowest BCUT2D eigenvalue weighted by Crippen LogP contribution is -2.50. The van der Waals surface area contributed by atoms with Crippen LogP contribution in [0.4, 0.5) is 5.69 Å². The predicted molar refractivity (Wildman–Crippen MR) is 122 cm³/mol. The highest BCUT2D eigenvalue weighted by atomic mass is 16.7. The summed E-state index contributed by atoms with van der Waals surface area (Å²) in [6.45, 7) is 3.08. The van der Waals surface area contributed by atoms with Crippen LogP contribution in [0.15, 0.2) is 36.4 Å². The first-order chi connectivity index (χ1) is 15.9. The van der Waals surface area contributed by atoms with Gasteiger partial charge in [0.25, 0.3) is 0 Å². The van der Waals surface area contributed by atoms with E-state index in [4.69, 9.17) is 9.47 Å². The van der Waals surface area contributed by atoms with Gasteiger partial charge in [0.15, 0.2) is 11.5 Å². The van der Waals surface area contributed by atoms with Crippen LogP contribution in [0.1, 0.15) is 55.4 Å². The second-order valence-corrected chi connectivity index (χ2v) is 9.91. The van der Waals surface area contributed by atoms with Crippen LogP contribution in [0.2, 0.25) is 0 Å². The van der Waals surface area contributed by atoms with Crippen LogP contribution >= 0.6 is 0 Å². The molecule has 4 heterocycles. The molecule has 2 saturated heterocycles. The molecule has 6 rings (SSSR count). The molecule has 2 bridgehead atoms. The molecule has 0 aromatic heterocycles. The molecule has 174 valence electrons. The molecule has 0 radical (unpaired) electrons. The van der Waals surface area contributed by atoms with E-state index < -0.39 is 11.7 Å². The average molecular weight is 451 g/mol. The zero-order valence-corrected chi connectivity index (χ0v) is 18.9. The van der Waals surface area contributed by atoms with E-state index in [0.29, 0.717) is 31.7 Å². The number of piperidine rings is 1. The molecule has 4 aliphatic rings. The number of carbonyl (C=O) groups excluding carboxylic acids is 1. The monoisotopic (exact) mass is 450 g/mol. The molecule has 0 spiro atoms. The van der Waals surface area contributed by atoms with Gasteiger partial charge < -0.3 is 24.6 Å². The topological polar surface area (TPSA) is 82.5 Å². The normalized spacial score (nSPS) is 28.8. The van der Waals surface area contributed by atoms with Gasteiger partial charge in [0.05, 0.1) is 11.7 Å². The van der Waals surface area contributed by atoms with Crippen molar-refractivity contribution in [3.05, 3.63) is 53.1 Å². The maximum absolute atomic E-state index is 11.8. The van der Waals surface area contributed by atoms with E-state index in [0.717, 1.165) is 47.4 Å². The number of aliphatic hydroxyl groups is 2. The van der Waals surface area contributed by atoms with Crippen molar-refractivity contribution >= 4 is 11.6 Å². The van der Waals surface area contributed by atoms with Crippen molar-refractivity contribution in [3.63, 3.8) is 0 Å². The number of benzene rings is 2. The van der Waals surface area contributed by atoms with Gasteiger partial charge in [-0.05, 0) is 67.0 Å². The van der Waals surface area contributed by atoms with E-state index in [9.17, 15) is 15.0 Å². The number of rotatable bonds is 4. The molecular weight excluding hydrogens is 420 g/mol. The summed E-state index contributed by atoms with van der Waals surface area (Å²) in [5, 5.41) is 22.7. The van der Waals surface area contributed by atoms with Crippen molar-refractivity contribution in [1.82, 2.24) is 4.90 Å². The van der Waals surface area contributed by atoms with Gasteiger partial charge in [-0.15, -0.1) is 0 Å². The molecule has 4 aliphatic heterocycles. The molecule has 0 unspecified atom stereocenters. The van der Waals surface area contributed by atoms with Gasteiger partial charge in [-0.25, -0.2) is 0 Å². The highest BCUT2D eigenvalue weighted by molar-refractivity contribution is 5.93. The minimum absolute atomic E-state index is 0.0573. The third-order valence-electron chi connectivity index (χ3n) is 7.98. The van der Waals surface area contributed by atoms with Crippen LogP contribution in [-0.4, -0.2) is 53.0 Å². The highest BCUT2D eigenvalue weighted by Crippen LogP contribution is 2.48. The van der Waals surface area contributed by atoms with Crippen LogP contribution in [0.3, 0.4) is 0 Å². The third-order valence-corrected chi connectivity index (χ3v) is 7.98. The lowest BCUT2D eigenvalue weighted by molar-refractivity contribution is -0.116. The van der Waals surface area contributed by atoms with Gasteiger partial charge in [-0.3, -0.25) is 9.69 Å². The molecule has 2 aromatic carbocycles. The molecule has 2 aromatic rings. The summed E-state index contributed by atoms with van der Waals surface area (Å²) in [7, 11) is 0. The number of aliphatic hydroxyl groups excluding tert-OH is 1. The number of anilines is 1. The lowest BCUT2D eigenvalue weighted by Gasteiger charge is -2.44. The summed E-state index contributed by atoms with van der Waals surface area (Å²) in [6, 6.07) is 12.2. The first kappa shape index (κ1) is 21.0. The molecule has 7 nitrogen and oxygen atoms in total. The zero-order valence-electron chi connectivity index (χ0n) is 18.9. The zero-order chi connectivity index (χ0) is 22.7. The number of carbonyl (C=O) groups is 1. The number of ether oxygens (including phenoxy) is 2. The molecule has 0 aliphatic carbocycles. The van der Waals surface area contributed by atoms with E-state index in [1.807, 2.05) is 30.3 Å². The number of amides is 1. The first-order valence-corrected chi connectivity index (χ1v) is 11.9. The summed E-state index contributed by atoms with van der Waals surface area (Å²) in [5.41, 5.74) is 2.98. The molecule has 2 N–H and O–H groups in total. The Bertz CT molecular complexity index is 1090. The molecule has 33 heavy (non-hydrogen) atoms. The SMILES string of the molecule is CC(=O)N1CCc2cc([C@@H](O)CN3[C@H]4CC[C@H]3CC(O)(c3ccc5c(c3)OCO5)C4)ccc21. The van der Waals surface area contributed by atoms with E-state index >= 15 is 0 Å². The van der Waals surface area contributed by atoms with Gasteiger partial charge in [-0.1, -0.05) is 18.2 Å². The van der Waals surface area contributed by atoms with Gasteiger partial charge >= 0.3 is 0 Å². The predicted octanol–water partition coefficient (Wildman–Crippen LogP) is 2.87. The van der Waals surface area contributed by atoms with Gasteiger partial charge in [0.1, 0.15) is 0 Å². The first-order valence-electron chi connectivity index (χ1n) is 11.9. The van der Waals surface area contributed by atoms with E-state index in [-0.39, 0.29) is 24.8 Å². The van der Waals surface area contributed by atoms with Crippen LogP contribution < -0.4 is 14.4 Å². The van der Waals surface area contributed by atoms with Crippen molar-refractivity contribution in [2.24, 2.45) is 0 Å². The minimum atomic E-state index is -0.891. The number of nitrogens with zero attached hydrogens (tertiary/aromatic N) is 2. The Kier molecular flexibility index (Phi) is 4.90. The van der Waals surface area contributed by atoms with Crippen molar-refractivity contribution in [3.8, 4) is 11.5 Å². The fraction of sp³-hybridized carbons (Fsp3) is 0.500. The average Bonchev–Trinajstić information content (AvgIpc) is 3.49. The third kappa shape index (κ3) is 3.50. The largest absolute Gasteiger partial charge is 0.454 e. The summed E-state index contributed by atoms with van der Waals surface area (Å²) >= 11 is 0. The standard InChI is InChI=1S/C26H30N2O5/c1-16(29)27-9-8-17-10-18(2-6-22(17)27)23(30)14-28-20-4-5-21(28)13-26(31,12-20)19-3-7-24-25(11-19)33-15-32-24/h2-3,6-7,10-11,20-21,23,30-31H,4-5,8-9,12-15H2,1H3/t20-,21-,23-/m0/s1. The Morgan fingerprint density at radius 1 is 1.12 bits per heavy atom. The van der Waals surface area contributed by atoms with Crippen LogP contribution in [-0.2, 0) is 16.8 Å². The highest BCUT2D eigenvalue weighted by Gasteiger charge is 2.49. The molecule has 0 saturated carbocycles. The van der Waals surface area contributed by atoms with Crippen LogP contribution in [0, 0.1) is 0 Å². The van der Waals surface area contributed by atoms with Crippen molar-refractivity contribution in [2.45, 2.75) is 62.8 Å². The fourth-order valence-corrected chi connectivity index (χ4v) is 6.30. The van der Waals surface area contributed by atoms with Crippen molar-refractivity contribution in [2.75, 3.05) is 24.8 Å². The quantitative estimate of drug-likeness (QED) is 0.746. The molecular formula is C26H30N2O5. The van der Waals surface area contributed by atoms with E-state index in [1.165, 1.54) is 0 Å². The number of hydrogen-bond donors (Lipinski definition) is 2. The van der Waals surface area contributed by atoms with Gasteiger partial charge in [0, 0.05) is 37.8 Å². The lowest BCUT2D eigenvalue weighted by atomic mass is 9.80. The van der Waals surface area contributed by atoms with Gasteiger partial charge in [0.2, 0.25) is 12.7 Å². The molecule has 7 heteroatoms. The second-order valence-electron chi connectivity index (χ2n) is 9.91. The summed E-state index contributed by atoms with van der Waals surface area (Å²) in [6.07, 6.45) is 3.58. The minimum Gasteiger partial charge on any atom is -0.454 e. The number of hydrogen-bond acceptors (Lipinski definition) is 6. The summed E-state index contributed by atoms with van der Waals surface area (Å²) in [5.74, 6) is 1.49. The maximum Gasteiger partial charge on any atom is 0.231 e. The van der Waals surface area contributed by atoms with E-state index in [2.05, 4.69) is 11.0 Å². The fourth-order valence-electron chi connectivity index (χ4n) is 6.30. The Balaban J connectivity index is 1.17. The Labute approximate surface area is 193 Å². The smallest absolute Gasteiger partial charge is 0.231 e. The molecule has 1 amide bonds. The summed E-state index contributed by atoms with van der Waals surface area (Å²) in [4.78, 5) is 16.0. The Hall–Kier alpha value is -2.61. The summed E-state index contributed by atoms with van der Waals surface area (Å²) < 4.78 is 10.9. The van der Waals surface area contributed by atoms with Crippen LogP contribution in [0.25, 0.3) is 0 Å². The van der Waals surface area contributed by atoms with Gasteiger partial charge in [-0.2, -0.15) is 0 Å². The maximum atomic E-state index is 11.8. The number of fused-ring (bicyclic) bond motifs is 4. The Morgan fingerprint density at radius 2 is 1.88 bits per heavy atom. The Morgan fingerprint density at radius 3 is 2.64 bits per heavy atom. The second kappa shape index (κ2) is 7.72. The molecule has 2 fully saturated rings. The van der Waals surface area contributed by atoms with Crippen molar-refractivity contribution < 1.29 is 24.5 Å². The van der Waals surface area contributed by atoms with Crippen molar-refractivity contribution in [1.29, 1.82) is 0 Å². The molecule has 3 atom stereocenters.